The minimum atomic E-state index is -0.729. The number of nitrogens with one attached hydrogen (secondary N) is 3. The van der Waals surface area contributed by atoms with Crippen LogP contribution in [0.25, 0.3) is 0 Å². The van der Waals surface area contributed by atoms with Crippen molar-refractivity contribution in [2.75, 3.05) is 17.6 Å². The molecule has 0 radical (unpaired) electrons. The highest BCUT2D eigenvalue weighted by molar-refractivity contribution is 14.0. The van der Waals surface area contributed by atoms with Gasteiger partial charge in [-0.25, -0.2) is 4.99 Å². The zero-order valence-electron chi connectivity index (χ0n) is 17.0. The smallest absolute Gasteiger partial charge is 0.221 e. The van der Waals surface area contributed by atoms with E-state index in [4.69, 9.17) is 4.99 Å². The van der Waals surface area contributed by atoms with Crippen LogP contribution in [0.2, 0.25) is 0 Å². The van der Waals surface area contributed by atoms with Crippen LogP contribution in [0.3, 0.4) is 0 Å². The van der Waals surface area contributed by atoms with Gasteiger partial charge >= 0.3 is 0 Å². The fraction of sp³-hybridized carbons (Fsp3) is 0.600. The SMILES string of the molecule is CCNC(=NCc1cccc(NC(C)=O)c1)NC1CCCC(S(=O)CC)C1.I. The van der Waals surface area contributed by atoms with E-state index in [1.807, 2.05) is 38.1 Å². The third kappa shape index (κ3) is 8.46. The summed E-state index contributed by atoms with van der Waals surface area (Å²) >= 11 is 0. The van der Waals surface area contributed by atoms with Gasteiger partial charge in [-0.15, -0.1) is 24.0 Å². The first kappa shape index (κ1) is 24.9. The van der Waals surface area contributed by atoms with Crippen LogP contribution >= 0.6 is 24.0 Å². The second kappa shape index (κ2) is 13.1. The van der Waals surface area contributed by atoms with Gasteiger partial charge in [0, 0.05) is 47.0 Å². The van der Waals surface area contributed by atoms with Crippen molar-refractivity contribution in [1.82, 2.24) is 10.6 Å². The number of benzene rings is 1. The Morgan fingerprint density at radius 2 is 2.07 bits per heavy atom. The fourth-order valence-electron chi connectivity index (χ4n) is 3.38. The molecule has 158 valence electrons. The molecule has 1 aromatic rings. The number of hydrogen-bond acceptors (Lipinski definition) is 3. The molecule has 0 aliphatic heterocycles. The molecule has 1 aromatic carbocycles. The van der Waals surface area contributed by atoms with E-state index in [-0.39, 0.29) is 29.9 Å². The van der Waals surface area contributed by atoms with Gasteiger partial charge in [-0.3, -0.25) is 9.00 Å². The highest BCUT2D eigenvalue weighted by Crippen LogP contribution is 2.23. The van der Waals surface area contributed by atoms with Crippen molar-refractivity contribution in [2.24, 2.45) is 4.99 Å². The number of nitrogens with zero attached hydrogens (tertiary/aromatic N) is 1. The highest BCUT2D eigenvalue weighted by Gasteiger charge is 2.26. The van der Waals surface area contributed by atoms with Crippen LogP contribution in [-0.4, -0.2) is 39.7 Å². The van der Waals surface area contributed by atoms with E-state index >= 15 is 0 Å². The van der Waals surface area contributed by atoms with Crippen LogP contribution in [0.15, 0.2) is 29.3 Å². The summed E-state index contributed by atoms with van der Waals surface area (Å²) in [5.41, 5.74) is 1.82. The first-order valence-electron chi connectivity index (χ1n) is 9.80. The fourth-order valence-corrected chi connectivity index (χ4v) is 4.73. The Labute approximate surface area is 188 Å². The minimum absolute atomic E-state index is 0. The zero-order valence-corrected chi connectivity index (χ0v) is 20.1. The molecular formula is C20H33IN4O2S. The van der Waals surface area contributed by atoms with E-state index in [1.54, 1.807) is 0 Å². The molecule has 0 bridgehead atoms. The molecule has 0 saturated heterocycles. The van der Waals surface area contributed by atoms with Gasteiger partial charge in [0.1, 0.15) is 0 Å². The number of guanidine groups is 1. The average Bonchev–Trinajstić information content (AvgIpc) is 2.65. The Morgan fingerprint density at radius 1 is 1.29 bits per heavy atom. The van der Waals surface area contributed by atoms with Gasteiger partial charge in [0.25, 0.3) is 0 Å². The van der Waals surface area contributed by atoms with E-state index in [0.29, 0.717) is 17.8 Å². The molecule has 3 unspecified atom stereocenters. The maximum absolute atomic E-state index is 12.2. The molecule has 1 aliphatic rings. The third-order valence-corrected chi connectivity index (χ3v) is 6.38. The molecule has 3 N–H and O–H groups in total. The van der Waals surface area contributed by atoms with Crippen molar-refractivity contribution < 1.29 is 9.00 Å². The Balaban J connectivity index is 0.00000392. The molecule has 6 nitrogen and oxygen atoms in total. The van der Waals surface area contributed by atoms with Gasteiger partial charge < -0.3 is 16.0 Å². The first-order chi connectivity index (χ1) is 13.0. The molecular weight excluding hydrogens is 487 g/mol. The van der Waals surface area contributed by atoms with Gasteiger partial charge in [0.15, 0.2) is 5.96 Å². The van der Waals surface area contributed by atoms with Gasteiger partial charge in [-0.1, -0.05) is 25.5 Å². The Kier molecular flexibility index (Phi) is 11.7. The van der Waals surface area contributed by atoms with E-state index < -0.39 is 10.8 Å². The van der Waals surface area contributed by atoms with Crippen molar-refractivity contribution >= 4 is 52.3 Å². The Bertz CT molecular complexity index is 684. The molecule has 0 spiro atoms. The lowest BCUT2D eigenvalue weighted by atomic mass is 9.95. The van der Waals surface area contributed by atoms with E-state index in [2.05, 4.69) is 16.0 Å². The molecule has 1 saturated carbocycles. The van der Waals surface area contributed by atoms with Crippen molar-refractivity contribution in [3.8, 4) is 0 Å². The lowest BCUT2D eigenvalue weighted by Crippen LogP contribution is -2.46. The van der Waals surface area contributed by atoms with Gasteiger partial charge in [0.05, 0.1) is 6.54 Å². The largest absolute Gasteiger partial charge is 0.357 e. The quantitative estimate of drug-likeness (QED) is 0.293. The summed E-state index contributed by atoms with van der Waals surface area (Å²) in [4.78, 5) is 15.9. The average molecular weight is 520 g/mol. The summed E-state index contributed by atoms with van der Waals surface area (Å²) in [6, 6.07) is 8.04. The second-order valence-electron chi connectivity index (χ2n) is 6.88. The van der Waals surface area contributed by atoms with Crippen molar-refractivity contribution in [3.05, 3.63) is 29.8 Å². The number of hydrogen-bond donors (Lipinski definition) is 3. The van der Waals surface area contributed by atoms with Gasteiger partial charge in [-0.05, 0) is 43.9 Å². The summed E-state index contributed by atoms with van der Waals surface area (Å²) < 4.78 is 12.2. The molecule has 2 rings (SSSR count). The normalized spacial score (nSPS) is 20.6. The Morgan fingerprint density at radius 3 is 2.75 bits per heavy atom. The van der Waals surface area contributed by atoms with Crippen molar-refractivity contribution in [2.45, 2.75) is 64.3 Å². The third-order valence-electron chi connectivity index (χ3n) is 4.63. The van der Waals surface area contributed by atoms with Crippen LogP contribution in [-0.2, 0) is 22.1 Å². The first-order valence-corrected chi connectivity index (χ1v) is 11.2. The number of carbonyl (C=O) groups excluding carboxylic acids is 1. The zero-order chi connectivity index (χ0) is 19.6. The second-order valence-corrected chi connectivity index (χ2v) is 8.88. The molecule has 1 amide bonds. The molecule has 8 heteroatoms. The number of aliphatic imine (C=N–C) groups is 1. The number of anilines is 1. The predicted octanol–water partition coefficient (Wildman–Crippen LogP) is 3.40. The van der Waals surface area contributed by atoms with Crippen LogP contribution < -0.4 is 16.0 Å². The predicted molar refractivity (Wildman–Crippen MR) is 129 cm³/mol. The highest BCUT2D eigenvalue weighted by atomic mass is 127. The van der Waals surface area contributed by atoms with E-state index in [0.717, 1.165) is 55.2 Å². The monoisotopic (exact) mass is 520 g/mol. The van der Waals surface area contributed by atoms with E-state index in [1.165, 1.54) is 6.92 Å². The molecule has 0 aromatic heterocycles. The number of halogens is 1. The number of amides is 1. The lowest BCUT2D eigenvalue weighted by Gasteiger charge is -2.30. The summed E-state index contributed by atoms with van der Waals surface area (Å²) in [7, 11) is -0.729. The maximum atomic E-state index is 12.2. The van der Waals surface area contributed by atoms with Crippen molar-refractivity contribution in [1.29, 1.82) is 0 Å². The lowest BCUT2D eigenvalue weighted by molar-refractivity contribution is -0.114. The van der Waals surface area contributed by atoms with Gasteiger partial charge in [-0.2, -0.15) is 0 Å². The van der Waals surface area contributed by atoms with Crippen LogP contribution in [0, 0.1) is 0 Å². The van der Waals surface area contributed by atoms with E-state index in [9.17, 15) is 9.00 Å². The summed E-state index contributed by atoms with van der Waals surface area (Å²) in [5, 5.41) is 9.90. The summed E-state index contributed by atoms with van der Waals surface area (Å²) in [5.74, 6) is 1.44. The number of rotatable bonds is 7. The topological polar surface area (TPSA) is 82.6 Å². The molecule has 1 aliphatic carbocycles. The summed E-state index contributed by atoms with van der Waals surface area (Å²) in [6.45, 7) is 6.85. The standard InChI is InChI=1S/C20H32N4O2S.HI/c1-4-21-20(24-18-10-7-11-19(13-18)27(26)5-2)22-14-16-8-6-9-17(12-16)23-15(3)25;/h6,8-9,12,18-19H,4-5,7,10-11,13-14H2,1-3H3,(H,23,25)(H2,21,22,24);1H. The van der Waals surface area contributed by atoms with Crippen LogP contribution in [0.1, 0.15) is 52.0 Å². The molecule has 1 fully saturated rings. The maximum Gasteiger partial charge on any atom is 0.221 e. The molecule has 28 heavy (non-hydrogen) atoms. The number of carbonyl (C=O) groups is 1. The Hall–Kier alpha value is -1.16. The molecule has 3 atom stereocenters. The van der Waals surface area contributed by atoms with Crippen LogP contribution in [0.4, 0.5) is 5.69 Å². The minimum Gasteiger partial charge on any atom is -0.357 e. The van der Waals surface area contributed by atoms with Crippen LogP contribution in [0.5, 0.6) is 0 Å². The summed E-state index contributed by atoms with van der Waals surface area (Å²) in [6.07, 6.45) is 4.18. The molecule has 0 heterocycles. The van der Waals surface area contributed by atoms with Crippen molar-refractivity contribution in [3.63, 3.8) is 0 Å². The van der Waals surface area contributed by atoms with Gasteiger partial charge in [0.2, 0.25) is 5.91 Å².